The second-order valence-electron chi connectivity index (χ2n) is 3.22. The molecule has 0 aliphatic heterocycles. The van der Waals surface area contributed by atoms with Gasteiger partial charge in [0.05, 0.1) is 0 Å². The van der Waals surface area contributed by atoms with Crippen LogP contribution in [-0.2, 0) is 11.3 Å². The highest BCUT2D eigenvalue weighted by Crippen LogP contribution is 2.00. The summed E-state index contributed by atoms with van der Waals surface area (Å²) in [6.07, 6.45) is -0.586. The maximum Gasteiger partial charge on any atom is 0.428 e. The van der Waals surface area contributed by atoms with E-state index in [1.807, 2.05) is 30.3 Å². The molecule has 0 bridgehead atoms. The van der Waals surface area contributed by atoms with Crippen molar-refractivity contribution in [3.8, 4) is 0 Å². The molecule has 86 valence electrons. The summed E-state index contributed by atoms with van der Waals surface area (Å²) < 4.78 is 4.93. The highest BCUT2D eigenvalue weighted by molar-refractivity contribution is 5.84. The molecule has 3 N–H and O–H groups in total. The largest absolute Gasteiger partial charge is 0.443 e. The summed E-state index contributed by atoms with van der Waals surface area (Å²) in [4.78, 5) is 11.2. The monoisotopic (exact) mass is 221 g/mol. The van der Waals surface area contributed by atoms with Crippen LogP contribution in [0.3, 0.4) is 0 Å². The minimum atomic E-state index is -0.586. The van der Waals surface area contributed by atoms with Gasteiger partial charge in [-0.05, 0) is 12.5 Å². The number of rotatable bonds is 4. The van der Waals surface area contributed by atoms with Gasteiger partial charge in [-0.25, -0.2) is 10.2 Å². The van der Waals surface area contributed by atoms with E-state index in [0.717, 1.165) is 5.56 Å². The fraction of sp³-hybridized carbons (Fsp3) is 0.273. The second kappa shape index (κ2) is 6.58. The Morgan fingerprint density at radius 2 is 2.12 bits per heavy atom. The molecular formula is C11H15N3O2. The molecule has 0 aromatic heterocycles. The molecular weight excluding hydrogens is 206 g/mol. The van der Waals surface area contributed by atoms with Crippen LogP contribution in [0.1, 0.15) is 12.5 Å². The van der Waals surface area contributed by atoms with E-state index in [-0.39, 0.29) is 6.61 Å². The number of carbonyl (C=O) groups is 1. The van der Waals surface area contributed by atoms with E-state index in [0.29, 0.717) is 12.3 Å². The van der Waals surface area contributed by atoms with Crippen LogP contribution in [0.2, 0.25) is 0 Å². The summed E-state index contributed by atoms with van der Waals surface area (Å²) in [5.41, 5.74) is 9.11. The number of hydrazone groups is 1. The van der Waals surface area contributed by atoms with Crippen molar-refractivity contribution in [2.24, 2.45) is 10.8 Å². The Bertz CT molecular complexity index is 363. The number of hydrogen-bond acceptors (Lipinski definition) is 4. The number of nitrogens with two attached hydrogens (primary N) is 1. The molecule has 1 rings (SSSR count). The highest BCUT2D eigenvalue weighted by atomic mass is 16.5. The Hall–Kier alpha value is -1.88. The fourth-order valence-corrected chi connectivity index (χ4v) is 0.942. The van der Waals surface area contributed by atoms with Gasteiger partial charge in [0.15, 0.2) is 0 Å². The van der Waals surface area contributed by atoms with Crippen LogP contribution in [0.4, 0.5) is 4.79 Å². The minimum absolute atomic E-state index is 0.226. The Morgan fingerprint density at radius 3 is 2.75 bits per heavy atom. The maximum atomic E-state index is 11.2. The Kier molecular flexibility index (Phi) is 5.01. The molecule has 0 aliphatic carbocycles. The van der Waals surface area contributed by atoms with Crippen molar-refractivity contribution in [1.82, 2.24) is 5.43 Å². The van der Waals surface area contributed by atoms with Gasteiger partial charge in [-0.3, -0.25) is 0 Å². The maximum absolute atomic E-state index is 11.2. The lowest BCUT2D eigenvalue weighted by atomic mass is 10.2. The van der Waals surface area contributed by atoms with E-state index in [1.54, 1.807) is 6.92 Å². The van der Waals surface area contributed by atoms with Crippen LogP contribution >= 0.6 is 0 Å². The van der Waals surface area contributed by atoms with E-state index in [9.17, 15) is 4.79 Å². The smallest absolute Gasteiger partial charge is 0.428 e. The van der Waals surface area contributed by atoms with Gasteiger partial charge < -0.3 is 10.5 Å². The fourth-order valence-electron chi connectivity index (χ4n) is 0.942. The van der Waals surface area contributed by atoms with Gasteiger partial charge in [-0.2, -0.15) is 5.10 Å². The first-order valence-corrected chi connectivity index (χ1v) is 4.92. The molecule has 5 nitrogen and oxygen atoms in total. The molecule has 1 aromatic carbocycles. The molecule has 0 radical (unpaired) electrons. The first kappa shape index (κ1) is 12.2. The van der Waals surface area contributed by atoms with Gasteiger partial charge in [0, 0.05) is 12.3 Å². The lowest BCUT2D eigenvalue weighted by Crippen LogP contribution is -2.22. The number of nitrogens with one attached hydrogen (secondary N) is 1. The third kappa shape index (κ3) is 4.56. The molecule has 0 atom stereocenters. The zero-order valence-corrected chi connectivity index (χ0v) is 9.14. The van der Waals surface area contributed by atoms with E-state index >= 15 is 0 Å². The van der Waals surface area contributed by atoms with Crippen LogP contribution in [0.5, 0.6) is 0 Å². The van der Waals surface area contributed by atoms with E-state index in [2.05, 4.69) is 10.5 Å². The highest BCUT2D eigenvalue weighted by Gasteiger charge is 2.00. The number of hydrogen-bond donors (Lipinski definition) is 2. The van der Waals surface area contributed by atoms with E-state index < -0.39 is 6.09 Å². The van der Waals surface area contributed by atoms with Crippen LogP contribution in [0.25, 0.3) is 0 Å². The van der Waals surface area contributed by atoms with Crippen molar-refractivity contribution >= 4 is 11.8 Å². The number of benzene rings is 1. The lowest BCUT2D eigenvalue weighted by Gasteiger charge is -2.04. The third-order valence-electron chi connectivity index (χ3n) is 1.85. The van der Waals surface area contributed by atoms with E-state index in [4.69, 9.17) is 10.5 Å². The predicted octanol–water partition coefficient (Wildman–Crippen LogP) is 1.25. The average molecular weight is 221 g/mol. The van der Waals surface area contributed by atoms with Crippen LogP contribution < -0.4 is 11.2 Å². The normalized spacial score (nSPS) is 11.0. The first-order chi connectivity index (χ1) is 7.72. The molecule has 1 aromatic rings. The zero-order chi connectivity index (χ0) is 11.8. The van der Waals surface area contributed by atoms with Crippen molar-refractivity contribution in [2.75, 3.05) is 6.54 Å². The topological polar surface area (TPSA) is 76.7 Å². The molecule has 0 heterocycles. The molecule has 0 aliphatic rings. The van der Waals surface area contributed by atoms with Crippen molar-refractivity contribution in [3.63, 3.8) is 0 Å². The molecule has 0 saturated carbocycles. The quantitative estimate of drug-likeness (QED) is 0.593. The molecule has 5 heteroatoms. The molecule has 1 amide bonds. The number of amides is 1. The number of ether oxygens (including phenoxy) is 1. The second-order valence-corrected chi connectivity index (χ2v) is 3.22. The molecule has 0 spiro atoms. The zero-order valence-electron chi connectivity index (χ0n) is 9.14. The summed E-state index contributed by atoms with van der Waals surface area (Å²) >= 11 is 0. The van der Waals surface area contributed by atoms with Crippen LogP contribution in [-0.4, -0.2) is 18.3 Å². The summed E-state index contributed by atoms with van der Waals surface area (Å²) in [5, 5.41) is 3.72. The van der Waals surface area contributed by atoms with Crippen molar-refractivity contribution in [2.45, 2.75) is 13.5 Å². The van der Waals surface area contributed by atoms with Crippen molar-refractivity contribution in [1.29, 1.82) is 0 Å². The SMILES string of the molecule is CC(CN)=NNC(=O)OCc1ccccc1. The van der Waals surface area contributed by atoms with Gasteiger partial charge in [0.25, 0.3) is 0 Å². The molecule has 0 saturated heterocycles. The lowest BCUT2D eigenvalue weighted by molar-refractivity contribution is 0.140. The standard InChI is InChI=1S/C11H15N3O2/c1-9(7-12)13-14-11(15)16-8-10-5-3-2-4-6-10/h2-6H,7-8,12H2,1H3,(H,14,15). The molecule has 0 fully saturated rings. The van der Waals surface area contributed by atoms with Gasteiger partial charge in [-0.1, -0.05) is 30.3 Å². The predicted molar refractivity (Wildman–Crippen MR) is 61.9 cm³/mol. The van der Waals surface area contributed by atoms with Crippen LogP contribution in [0.15, 0.2) is 35.4 Å². The third-order valence-corrected chi connectivity index (χ3v) is 1.85. The summed E-state index contributed by atoms with van der Waals surface area (Å²) in [5.74, 6) is 0. The van der Waals surface area contributed by atoms with Crippen molar-refractivity contribution < 1.29 is 9.53 Å². The average Bonchev–Trinajstić information content (AvgIpc) is 2.34. The summed E-state index contributed by atoms with van der Waals surface area (Å²) in [6.45, 7) is 2.25. The summed E-state index contributed by atoms with van der Waals surface area (Å²) in [6, 6.07) is 9.42. The number of carbonyl (C=O) groups excluding carboxylic acids is 1. The van der Waals surface area contributed by atoms with Gasteiger partial charge in [0.1, 0.15) is 6.61 Å². The Balaban J connectivity index is 2.31. The van der Waals surface area contributed by atoms with Crippen molar-refractivity contribution in [3.05, 3.63) is 35.9 Å². The summed E-state index contributed by atoms with van der Waals surface area (Å²) in [7, 11) is 0. The van der Waals surface area contributed by atoms with Gasteiger partial charge in [-0.15, -0.1) is 0 Å². The Morgan fingerprint density at radius 1 is 1.44 bits per heavy atom. The molecule has 16 heavy (non-hydrogen) atoms. The van der Waals surface area contributed by atoms with E-state index in [1.165, 1.54) is 0 Å². The minimum Gasteiger partial charge on any atom is -0.443 e. The Labute approximate surface area is 94.3 Å². The number of nitrogens with zero attached hydrogens (tertiary/aromatic N) is 1. The van der Waals surface area contributed by atoms with Gasteiger partial charge in [0.2, 0.25) is 0 Å². The van der Waals surface area contributed by atoms with Gasteiger partial charge >= 0.3 is 6.09 Å². The first-order valence-electron chi connectivity index (χ1n) is 4.92. The molecule has 0 unspecified atom stereocenters. The van der Waals surface area contributed by atoms with Crippen LogP contribution in [0, 0.1) is 0 Å².